The third kappa shape index (κ3) is 14.5. The van der Waals surface area contributed by atoms with Crippen molar-refractivity contribution in [2.75, 3.05) is 37.0 Å². The molecule has 6 heterocycles. The van der Waals surface area contributed by atoms with Gasteiger partial charge in [-0.1, -0.05) is 101 Å². The Hall–Kier alpha value is -9.68. The number of nitrogens with one attached hydrogen (secondary N) is 6. The number of halogens is 2. The van der Waals surface area contributed by atoms with E-state index in [0.717, 1.165) is 22.3 Å². The number of anilines is 2. The Morgan fingerprint density at radius 3 is 1.30 bits per heavy atom. The molecule has 4 aromatic heterocycles. The molecule has 476 valence electrons. The summed E-state index contributed by atoms with van der Waals surface area (Å²) >= 11 is 0. The monoisotopic (exact) mass is 1240 g/mol. The number of likely N-dealkylation sites (N-methyl/N-ethyl adjacent to an activating group) is 2. The van der Waals surface area contributed by atoms with Crippen LogP contribution in [0.5, 0.6) is 11.5 Å². The van der Waals surface area contributed by atoms with Crippen LogP contribution in [0.15, 0.2) is 131 Å². The molecule has 4 atom stereocenters. The predicted molar refractivity (Wildman–Crippen MR) is 338 cm³/mol. The minimum Gasteiger partial charge on any atom is -0.487 e. The summed E-state index contributed by atoms with van der Waals surface area (Å²) in [7, 11) is 3.30. The number of aromatic amines is 2. The second kappa shape index (κ2) is 26.4. The van der Waals surface area contributed by atoms with E-state index in [4.69, 9.17) is 9.47 Å². The van der Waals surface area contributed by atoms with Gasteiger partial charge in [-0.3, -0.25) is 28.8 Å². The third-order valence-corrected chi connectivity index (χ3v) is 17.1. The van der Waals surface area contributed by atoms with Gasteiger partial charge < -0.3 is 50.5 Å². The van der Waals surface area contributed by atoms with E-state index in [0.29, 0.717) is 56.8 Å². The average molecular weight is 1240 g/mol. The quantitative estimate of drug-likeness (QED) is 0.0404. The van der Waals surface area contributed by atoms with E-state index < -0.39 is 64.0 Å². The van der Waals surface area contributed by atoms with Gasteiger partial charge >= 0.3 is 0 Å². The maximum atomic E-state index is 14.7. The van der Waals surface area contributed by atoms with Gasteiger partial charge in [-0.25, -0.2) is 18.1 Å². The minimum absolute atomic E-state index is 0.0512. The zero-order valence-electron chi connectivity index (χ0n) is 52.6. The smallest absolute Gasteiger partial charge is 0.251 e. The summed E-state index contributed by atoms with van der Waals surface area (Å²) in [6.07, 6.45) is 3.76. The highest BCUT2D eigenvalue weighted by atomic mass is 19.1. The van der Waals surface area contributed by atoms with Gasteiger partial charge in [-0.05, 0) is 111 Å². The molecule has 4 aromatic carbocycles. The van der Waals surface area contributed by atoms with E-state index in [1.807, 2.05) is 76.2 Å². The fraction of sp³-hybridized carbons (Fsp3) is 0.373. The van der Waals surface area contributed by atoms with Crippen molar-refractivity contribution in [2.45, 2.75) is 135 Å². The van der Waals surface area contributed by atoms with Crippen LogP contribution >= 0.6 is 0 Å². The molecule has 8 aromatic rings. The first-order valence-electron chi connectivity index (χ1n) is 30.1. The number of H-pyrrole nitrogens is 2. The molecule has 2 aliphatic heterocycles. The average Bonchev–Trinajstić information content (AvgIpc) is 1.62. The molecule has 0 saturated heterocycles. The largest absolute Gasteiger partial charge is 0.487 e. The van der Waals surface area contributed by atoms with E-state index in [2.05, 4.69) is 65.7 Å². The molecule has 22 nitrogen and oxygen atoms in total. The summed E-state index contributed by atoms with van der Waals surface area (Å²) in [6.45, 7) is 15.8. The van der Waals surface area contributed by atoms with Crippen LogP contribution in [0.1, 0.15) is 112 Å². The number of rotatable bonds is 24. The van der Waals surface area contributed by atoms with Crippen molar-refractivity contribution in [1.82, 2.24) is 61.2 Å². The number of ether oxygens (including phenoxy) is 2. The number of carbonyl (C=O) groups excluding carboxylic acids is 4. The lowest BCUT2D eigenvalue weighted by atomic mass is 9.78. The Morgan fingerprint density at radius 2 is 0.945 bits per heavy atom. The lowest BCUT2D eigenvalue weighted by Crippen LogP contribution is -2.54. The second-order valence-electron chi connectivity index (χ2n) is 25.2. The molecule has 91 heavy (non-hydrogen) atoms. The predicted octanol–water partition coefficient (Wildman–Crippen LogP) is 6.02. The van der Waals surface area contributed by atoms with Crippen LogP contribution in [-0.2, 0) is 74.6 Å². The Bertz CT molecular complexity index is 3830. The van der Waals surface area contributed by atoms with Crippen molar-refractivity contribution >= 4 is 35.0 Å². The Balaban J connectivity index is 0.750. The molecule has 0 spiro atoms. The van der Waals surface area contributed by atoms with Gasteiger partial charge in [-0.15, -0.1) is 10.2 Å². The number of benzene rings is 4. The molecule has 6 N–H and O–H groups in total. The lowest BCUT2D eigenvalue weighted by molar-refractivity contribution is -0.128. The van der Waals surface area contributed by atoms with Crippen molar-refractivity contribution < 1.29 is 37.4 Å². The van der Waals surface area contributed by atoms with Crippen molar-refractivity contribution in [3.05, 3.63) is 210 Å². The number of carbonyl (C=O) groups is 4. The maximum Gasteiger partial charge on any atom is 0.251 e. The Morgan fingerprint density at radius 1 is 0.582 bits per heavy atom. The molecule has 0 aliphatic carbocycles. The minimum atomic E-state index is -1.08. The van der Waals surface area contributed by atoms with Crippen molar-refractivity contribution in [3.8, 4) is 11.5 Å². The van der Waals surface area contributed by atoms with E-state index >= 15 is 0 Å². The summed E-state index contributed by atoms with van der Waals surface area (Å²) in [5.41, 5.74) is 5.24. The van der Waals surface area contributed by atoms with Crippen molar-refractivity contribution in [2.24, 2.45) is 0 Å². The Labute approximate surface area is 525 Å². The lowest BCUT2D eigenvalue weighted by Gasteiger charge is -2.27. The Kier molecular flexibility index (Phi) is 18.7. The molecule has 2 aliphatic rings. The summed E-state index contributed by atoms with van der Waals surface area (Å²) < 4.78 is 42.7. The number of fused-ring (bicyclic) bond motifs is 2. The number of hydrogen-bond donors (Lipinski definition) is 6. The van der Waals surface area contributed by atoms with Gasteiger partial charge in [0.2, 0.25) is 11.8 Å². The summed E-state index contributed by atoms with van der Waals surface area (Å²) in [5.74, 6) is -1.19. The zero-order valence-corrected chi connectivity index (χ0v) is 52.6. The highest BCUT2D eigenvalue weighted by Crippen LogP contribution is 2.41. The number of nitrogens with zero attached hydrogens (tertiary/aromatic N) is 8. The third-order valence-electron chi connectivity index (χ3n) is 17.1. The van der Waals surface area contributed by atoms with E-state index in [9.17, 15) is 37.5 Å². The van der Waals surface area contributed by atoms with Gasteiger partial charge in [0.15, 0.2) is 0 Å². The molecule has 0 unspecified atom stereocenters. The fourth-order valence-electron chi connectivity index (χ4n) is 11.4. The van der Waals surface area contributed by atoms with Crippen LogP contribution in [0.2, 0.25) is 0 Å². The summed E-state index contributed by atoms with van der Waals surface area (Å²) in [6, 6.07) is 27.3. The molecule has 24 heteroatoms. The molecule has 0 bridgehead atoms. The highest BCUT2D eigenvalue weighted by Gasteiger charge is 2.44. The number of amides is 4. The molecular weight excluding hydrogens is 1170 g/mol. The van der Waals surface area contributed by atoms with Crippen LogP contribution in [0.25, 0.3) is 0 Å². The summed E-state index contributed by atoms with van der Waals surface area (Å²) in [4.78, 5) is 91.9. The normalized spacial score (nSPS) is 15.3. The van der Waals surface area contributed by atoms with Crippen LogP contribution in [0.3, 0.4) is 0 Å². The standard InChI is InChI=1S/C67H76F2N14O8/c1-39(70-9)59(84)72-53(63(88)82-37-65(3,4)57-55(82)29-43(61(86)74-57)27-41-11-19-47(68)20-12-41)33-80-31-49(76-78-80)35-90-51-23-15-45(16-24-51)67(7,8)46-17-25-52(26-18-46)91-36-50-32-81(79-77-50)34-54(73-60(85)40(2)71-10)64(89)83-38-66(5,6)58-56(83)30-44(62(87)75-58)28-42-13-21-48(69)22-14-42/h11-26,29-32,39-40,53-54,70-71H,27-28,33-38H2,1-10H3,(H,72,84)(H,73,85)(H,74,86)(H,75,87)/t39-,40-,53-,54-/m0/s1. The van der Waals surface area contributed by atoms with E-state index in [-0.39, 0.29) is 75.0 Å². The first-order valence-corrected chi connectivity index (χ1v) is 30.1. The van der Waals surface area contributed by atoms with Gasteiger partial charge in [-0.2, -0.15) is 0 Å². The molecular formula is C67H76F2N14O8. The van der Waals surface area contributed by atoms with Gasteiger partial charge in [0.25, 0.3) is 22.9 Å². The van der Waals surface area contributed by atoms with Crippen LogP contribution in [0, 0.1) is 11.6 Å². The van der Waals surface area contributed by atoms with Crippen LogP contribution in [-0.4, -0.2) is 115 Å². The number of aromatic nitrogens is 8. The SMILES string of the molecule is CN[C@@H](C)C(=O)N[C@@H](Cn1cc(COc2ccc(C(C)(C)c3ccc(OCc4cn(C[C@H](NC(=O)[C@H](C)NC)C(=O)N5CC(C)(C)c6[nH]c(=O)c(Cc7ccc(F)cc7)cc65)nn4)cc3)cc2)nn1)C(=O)N1CC(C)(C)c2[nH]c(=O)c(Cc3ccc(F)cc3)cc21. The van der Waals surface area contributed by atoms with Crippen molar-refractivity contribution in [1.29, 1.82) is 0 Å². The highest BCUT2D eigenvalue weighted by molar-refractivity contribution is 6.02. The van der Waals surface area contributed by atoms with E-state index in [1.54, 1.807) is 86.5 Å². The van der Waals surface area contributed by atoms with Crippen LogP contribution in [0.4, 0.5) is 20.2 Å². The molecule has 0 fully saturated rings. The van der Waals surface area contributed by atoms with E-state index in [1.165, 1.54) is 33.6 Å². The van der Waals surface area contributed by atoms with Crippen molar-refractivity contribution in [3.63, 3.8) is 0 Å². The first kappa shape index (κ1) is 64.3. The second-order valence-corrected chi connectivity index (χ2v) is 25.2. The zero-order chi connectivity index (χ0) is 65.1. The fourth-order valence-corrected chi connectivity index (χ4v) is 11.4. The van der Waals surface area contributed by atoms with Gasteiger partial charge in [0, 0.05) is 64.7 Å². The maximum absolute atomic E-state index is 14.7. The summed E-state index contributed by atoms with van der Waals surface area (Å²) in [5, 5.41) is 28.9. The van der Waals surface area contributed by atoms with Gasteiger partial charge in [0.05, 0.1) is 48.9 Å². The number of pyridine rings is 2. The van der Waals surface area contributed by atoms with Gasteiger partial charge in [0.1, 0.15) is 59.8 Å². The molecule has 10 rings (SSSR count). The first-order chi connectivity index (χ1) is 43.3. The molecule has 0 radical (unpaired) electrons. The number of hydrogen-bond acceptors (Lipinski definition) is 14. The topological polar surface area (TPSA) is 268 Å². The van der Waals surface area contributed by atoms with Crippen LogP contribution < -0.4 is 51.7 Å². The molecule has 0 saturated carbocycles. The molecule has 4 amide bonds.